The predicted octanol–water partition coefficient (Wildman–Crippen LogP) is 3.19. The number of halogens is 1. The second-order valence-electron chi connectivity index (χ2n) is 4.49. The summed E-state index contributed by atoms with van der Waals surface area (Å²) in [5, 5.41) is 11.5. The third-order valence-electron chi connectivity index (χ3n) is 2.99. The molecule has 0 aliphatic heterocycles. The van der Waals surface area contributed by atoms with Crippen LogP contribution in [0.1, 0.15) is 5.56 Å². The van der Waals surface area contributed by atoms with E-state index in [-0.39, 0.29) is 16.3 Å². The maximum atomic E-state index is 13.5. The molecule has 0 aromatic heterocycles. The maximum absolute atomic E-state index is 13.5. The van der Waals surface area contributed by atoms with Gasteiger partial charge in [0.15, 0.2) is 21.4 Å². The summed E-state index contributed by atoms with van der Waals surface area (Å²) in [5.41, 5.74) is 0.138. The quantitative estimate of drug-likeness (QED) is 0.618. The number of nitro benzene ring substituents is 1. The molecular weight excluding hydrogens is 325 g/mol. The van der Waals surface area contributed by atoms with E-state index in [0.29, 0.717) is 5.56 Å². The van der Waals surface area contributed by atoms with Crippen LogP contribution < -0.4 is 4.74 Å². The highest BCUT2D eigenvalue weighted by atomic mass is 32.2. The highest BCUT2D eigenvalue weighted by Gasteiger charge is 2.13. The van der Waals surface area contributed by atoms with Gasteiger partial charge >= 0.3 is 0 Å². The van der Waals surface area contributed by atoms with Crippen LogP contribution in [0.3, 0.4) is 0 Å². The zero-order valence-electron chi connectivity index (χ0n) is 12.0. The molecule has 0 heterocycles. The summed E-state index contributed by atoms with van der Waals surface area (Å²) in [6, 6.07) is 8.53. The van der Waals surface area contributed by atoms with Crippen LogP contribution in [0.2, 0.25) is 0 Å². The van der Waals surface area contributed by atoms with Gasteiger partial charge in [-0.15, -0.1) is 0 Å². The summed E-state index contributed by atoms with van der Waals surface area (Å²) in [6.45, 7) is 0. The number of nitrogens with zero attached hydrogens (tertiary/aromatic N) is 1. The fourth-order valence-electron chi connectivity index (χ4n) is 1.79. The van der Waals surface area contributed by atoms with Crippen LogP contribution in [0.4, 0.5) is 10.1 Å². The summed E-state index contributed by atoms with van der Waals surface area (Å²) in [6.07, 6.45) is 1.24. The molecule has 8 heteroatoms. The number of hydrogen-bond donors (Lipinski definition) is 0. The number of ether oxygens (including phenoxy) is 1. The molecule has 0 amide bonds. The van der Waals surface area contributed by atoms with E-state index in [4.69, 9.17) is 4.74 Å². The minimum Gasteiger partial charge on any atom is -0.494 e. The Kier molecular flexibility index (Phi) is 4.75. The summed E-state index contributed by atoms with van der Waals surface area (Å²) < 4.78 is 42.6. The van der Waals surface area contributed by atoms with E-state index >= 15 is 0 Å². The summed E-state index contributed by atoms with van der Waals surface area (Å²) in [5.74, 6) is -0.553. The van der Waals surface area contributed by atoms with Crippen molar-refractivity contribution in [2.45, 2.75) is 4.90 Å². The van der Waals surface area contributed by atoms with Gasteiger partial charge in [0.2, 0.25) is 0 Å². The molecule has 0 bridgehead atoms. The summed E-state index contributed by atoms with van der Waals surface area (Å²) in [7, 11) is -2.46. The van der Waals surface area contributed by atoms with Gasteiger partial charge in [-0.25, -0.2) is 12.8 Å². The first-order valence-corrected chi connectivity index (χ1v) is 7.89. The van der Waals surface area contributed by atoms with Crippen LogP contribution >= 0.6 is 0 Å². The van der Waals surface area contributed by atoms with Gasteiger partial charge in [0.05, 0.1) is 16.9 Å². The number of rotatable bonds is 5. The lowest BCUT2D eigenvalue weighted by molar-refractivity contribution is -0.384. The molecule has 0 fully saturated rings. The molecule has 120 valence electrons. The largest absolute Gasteiger partial charge is 0.494 e. The Morgan fingerprint density at radius 1 is 1.17 bits per heavy atom. The monoisotopic (exact) mass is 337 g/mol. The van der Waals surface area contributed by atoms with E-state index in [1.807, 2.05) is 0 Å². The second kappa shape index (κ2) is 6.57. The topological polar surface area (TPSA) is 86.5 Å². The number of non-ortho nitro benzene ring substituents is 1. The van der Waals surface area contributed by atoms with Gasteiger partial charge in [0, 0.05) is 17.5 Å². The molecule has 2 aromatic rings. The van der Waals surface area contributed by atoms with Crippen LogP contribution in [0.15, 0.2) is 52.8 Å². The molecule has 0 saturated heterocycles. The standard InChI is InChI=1S/C15H12FNO5S/c1-22-15-7-2-11(10-14(15)16)8-9-23(20,21)13-5-3-12(4-6-13)17(18)19/h2-10H,1H3. The van der Waals surface area contributed by atoms with Crippen molar-refractivity contribution in [3.63, 3.8) is 0 Å². The van der Waals surface area contributed by atoms with E-state index in [9.17, 15) is 22.9 Å². The third kappa shape index (κ3) is 3.92. The van der Waals surface area contributed by atoms with E-state index < -0.39 is 20.6 Å². The maximum Gasteiger partial charge on any atom is 0.269 e. The number of hydrogen-bond acceptors (Lipinski definition) is 5. The smallest absolute Gasteiger partial charge is 0.269 e. The summed E-state index contributed by atoms with van der Waals surface area (Å²) in [4.78, 5) is 9.85. The van der Waals surface area contributed by atoms with Gasteiger partial charge in [0.1, 0.15) is 0 Å². The minimum absolute atomic E-state index is 0.0559. The van der Waals surface area contributed by atoms with Crippen molar-refractivity contribution in [3.8, 4) is 5.75 Å². The number of methoxy groups -OCH3 is 1. The normalized spacial score (nSPS) is 11.6. The van der Waals surface area contributed by atoms with Crippen molar-refractivity contribution in [3.05, 3.63) is 69.4 Å². The Morgan fingerprint density at radius 2 is 1.83 bits per heavy atom. The van der Waals surface area contributed by atoms with E-state index in [0.717, 1.165) is 35.7 Å². The lowest BCUT2D eigenvalue weighted by Gasteiger charge is -2.02. The van der Waals surface area contributed by atoms with Crippen molar-refractivity contribution in [1.82, 2.24) is 0 Å². The van der Waals surface area contributed by atoms with E-state index in [2.05, 4.69) is 0 Å². The Labute approximate surface area is 131 Å². The molecule has 0 N–H and O–H groups in total. The van der Waals surface area contributed by atoms with Gasteiger partial charge in [-0.05, 0) is 35.9 Å². The van der Waals surface area contributed by atoms with Crippen molar-refractivity contribution in [2.75, 3.05) is 7.11 Å². The lowest BCUT2D eigenvalue weighted by Crippen LogP contribution is -1.97. The first-order valence-electron chi connectivity index (χ1n) is 6.34. The molecule has 0 aliphatic rings. The van der Waals surface area contributed by atoms with Crippen molar-refractivity contribution >= 4 is 21.6 Å². The third-order valence-corrected chi connectivity index (χ3v) is 4.42. The average Bonchev–Trinajstić information content (AvgIpc) is 2.53. The highest BCUT2D eigenvalue weighted by molar-refractivity contribution is 7.94. The van der Waals surface area contributed by atoms with E-state index in [1.165, 1.54) is 25.3 Å². The molecule has 2 rings (SSSR count). The first kappa shape index (κ1) is 16.6. The molecule has 23 heavy (non-hydrogen) atoms. The molecule has 0 saturated carbocycles. The number of benzene rings is 2. The zero-order chi connectivity index (χ0) is 17.0. The molecule has 2 aromatic carbocycles. The molecule has 0 unspecified atom stereocenters. The predicted molar refractivity (Wildman–Crippen MR) is 82.3 cm³/mol. The van der Waals surface area contributed by atoms with Crippen molar-refractivity contribution in [1.29, 1.82) is 0 Å². The molecule has 0 aliphatic carbocycles. The first-order chi connectivity index (χ1) is 10.8. The van der Waals surface area contributed by atoms with E-state index in [1.54, 1.807) is 0 Å². The van der Waals surface area contributed by atoms with Gasteiger partial charge in [-0.2, -0.15) is 0 Å². The van der Waals surface area contributed by atoms with Gasteiger partial charge in [0.25, 0.3) is 5.69 Å². The van der Waals surface area contributed by atoms with Crippen LogP contribution in [0, 0.1) is 15.9 Å². The molecule has 0 atom stereocenters. The van der Waals surface area contributed by atoms with Crippen LogP contribution in [0.5, 0.6) is 5.75 Å². The number of nitro groups is 1. The summed E-state index contributed by atoms with van der Waals surface area (Å²) >= 11 is 0. The lowest BCUT2D eigenvalue weighted by atomic mass is 10.2. The Bertz CT molecular complexity index is 860. The van der Waals surface area contributed by atoms with Crippen molar-refractivity contribution in [2.24, 2.45) is 0 Å². The van der Waals surface area contributed by atoms with Gasteiger partial charge in [-0.3, -0.25) is 10.1 Å². The Balaban J connectivity index is 2.26. The minimum atomic E-state index is -3.79. The fourth-order valence-corrected chi connectivity index (χ4v) is 2.80. The zero-order valence-corrected chi connectivity index (χ0v) is 12.8. The van der Waals surface area contributed by atoms with Crippen LogP contribution in [0.25, 0.3) is 6.08 Å². The Morgan fingerprint density at radius 3 is 2.35 bits per heavy atom. The molecule has 6 nitrogen and oxygen atoms in total. The second-order valence-corrected chi connectivity index (χ2v) is 6.33. The van der Waals surface area contributed by atoms with Gasteiger partial charge < -0.3 is 4.74 Å². The highest BCUT2D eigenvalue weighted by Crippen LogP contribution is 2.21. The fraction of sp³-hybridized carbons (Fsp3) is 0.0667. The molecule has 0 spiro atoms. The van der Waals surface area contributed by atoms with Crippen LogP contribution in [-0.4, -0.2) is 20.5 Å². The van der Waals surface area contributed by atoms with Crippen LogP contribution in [-0.2, 0) is 9.84 Å². The number of sulfone groups is 1. The SMILES string of the molecule is COc1ccc(C=CS(=O)(=O)c2ccc([N+](=O)[O-])cc2)cc1F. The van der Waals surface area contributed by atoms with Gasteiger partial charge in [-0.1, -0.05) is 6.07 Å². The Hall–Kier alpha value is -2.74. The molecule has 0 radical (unpaired) electrons. The average molecular weight is 337 g/mol. The van der Waals surface area contributed by atoms with Crippen molar-refractivity contribution < 1.29 is 22.5 Å². The molecular formula is C15H12FNO5S.